The van der Waals surface area contributed by atoms with Gasteiger partial charge in [-0.25, -0.2) is 4.79 Å². The fourth-order valence-electron chi connectivity index (χ4n) is 1.90. The fourth-order valence-corrected chi connectivity index (χ4v) is 1.90. The SMILES string of the molecule is CN(C)C(=O)NCCNCC1CCC(C)(C)O1. The lowest BCUT2D eigenvalue weighted by Gasteiger charge is -2.19. The number of carbonyl (C=O) groups excluding carboxylic acids is 1. The number of hydrogen-bond donors (Lipinski definition) is 2. The van der Waals surface area contributed by atoms with Crippen LogP contribution in [0.5, 0.6) is 0 Å². The lowest BCUT2D eigenvalue weighted by atomic mass is 10.1. The molecule has 0 aromatic rings. The van der Waals surface area contributed by atoms with Crippen LogP contribution in [0, 0.1) is 0 Å². The van der Waals surface area contributed by atoms with Crippen molar-refractivity contribution in [1.82, 2.24) is 15.5 Å². The molecule has 1 aliphatic rings. The van der Waals surface area contributed by atoms with Gasteiger partial charge >= 0.3 is 6.03 Å². The summed E-state index contributed by atoms with van der Waals surface area (Å²) in [7, 11) is 3.47. The van der Waals surface area contributed by atoms with Crippen LogP contribution in [-0.2, 0) is 4.74 Å². The molecule has 1 aliphatic heterocycles. The molecule has 2 amide bonds. The zero-order valence-electron chi connectivity index (χ0n) is 11.4. The average Bonchev–Trinajstić information content (AvgIpc) is 2.57. The van der Waals surface area contributed by atoms with E-state index in [1.165, 1.54) is 4.90 Å². The first-order chi connectivity index (χ1) is 7.91. The molecular weight excluding hydrogens is 218 g/mol. The Kier molecular flexibility index (Phi) is 5.21. The third kappa shape index (κ3) is 5.37. The van der Waals surface area contributed by atoms with Crippen LogP contribution in [0.15, 0.2) is 0 Å². The van der Waals surface area contributed by atoms with Gasteiger partial charge in [0.05, 0.1) is 11.7 Å². The summed E-state index contributed by atoms with van der Waals surface area (Å²) < 4.78 is 5.86. The van der Waals surface area contributed by atoms with Crippen LogP contribution in [0.1, 0.15) is 26.7 Å². The van der Waals surface area contributed by atoms with Gasteiger partial charge in [0.25, 0.3) is 0 Å². The zero-order chi connectivity index (χ0) is 12.9. The maximum absolute atomic E-state index is 11.2. The van der Waals surface area contributed by atoms with E-state index in [0.29, 0.717) is 12.6 Å². The van der Waals surface area contributed by atoms with E-state index < -0.39 is 0 Å². The molecule has 1 saturated heterocycles. The highest BCUT2D eigenvalue weighted by Crippen LogP contribution is 2.28. The molecule has 0 spiro atoms. The molecular formula is C12H25N3O2. The maximum atomic E-state index is 11.2. The Labute approximate surface area is 104 Å². The summed E-state index contributed by atoms with van der Waals surface area (Å²) in [5.74, 6) is 0. The largest absolute Gasteiger partial charge is 0.371 e. The van der Waals surface area contributed by atoms with E-state index in [4.69, 9.17) is 4.74 Å². The third-order valence-electron chi connectivity index (χ3n) is 2.91. The molecule has 0 aromatic heterocycles. The molecule has 0 aliphatic carbocycles. The Hall–Kier alpha value is -0.810. The predicted molar refractivity (Wildman–Crippen MR) is 68.1 cm³/mol. The minimum atomic E-state index is -0.0509. The molecule has 0 bridgehead atoms. The average molecular weight is 243 g/mol. The molecule has 1 unspecified atom stereocenters. The Balaban J connectivity index is 2.00. The second-order valence-electron chi connectivity index (χ2n) is 5.37. The molecule has 5 nitrogen and oxygen atoms in total. The van der Waals surface area contributed by atoms with Crippen molar-refractivity contribution in [2.24, 2.45) is 0 Å². The van der Waals surface area contributed by atoms with E-state index in [-0.39, 0.29) is 11.6 Å². The van der Waals surface area contributed by atoms with Gasteiger partial charge in [0.15, 0.2) is 0 Å². The number of rotatable bonds is 5. The van der Waals surface area contributed by atoms with Crippen LogP contribution in [0.4, 0.5) is 4.79 Å². The van der Waals surface area contributed by atoms with Crippen LogP contribution in [0.2, 0.25) is 0 Å². The van der Waals surface area contributed by atoms with Crippen LogP contribution in [0.25, 0.3) is 0 Å². The number of nitrogens with zero attached hydrogens (tertiary/aromatic N) is 1. The van der Waals surface area contributed by atoms with Crippen molar-refractivity contribution in [2.45, 2.75) is 38.4 Å². The first-order valence-electron chi connectivity index (χ1n) is 6.24. The van der Waals surface area contributed by atoms with E-state index in [0.717, 1.165) is 25.9 Å². The van der Waals surface area contributed by atoms with Gasteiger partial charge in [0.1, 0.15) is 0 Å². The maximum Gasteiger partial charge on any atom is 0.316 e. The quantitative estimate of drug-likeness (QED) is 0.702. The molecule has 17 heavy (non-hydrogen) atoms. The van der Waals surface area contributed by atoms with Crippen LogP contribution < -0.4 is 10.6 Å². The minimum absolute atomic E-state index is 0.0332. The lowest BCUT2D eigenvalue weighted by molar-refractivity contribution is -0.0140. The highest BCUT2D eigenvalue weighted by atomic mass is 16.5. The first-order valence-corrected chi connectivity index (χ1v) is 6.24. The van der Waals surface area contributed by atoms with Crippen molar-refractivity contribution >= 4 is 6.03 Å². The summed E-state index contributed by atoms with van der Waals surface area (Å²) in [6.45, 7) is 6.54. The first kappa shape index (κ1) is 14.3. The van der Waals surface area contributed by atoms with Crippen molar-refractivity contribution in [3.63, 3.8) is 0 Å². The minimum Gasteiger partial charge on any atom is -0.371 e. The number of amides is 2. The molecule has 5 heteroatoms. The van der Waals surface area contributed by atoms with Gasteiger partial charge in [-0.1, -0.05) is 0 Å². The summed E-state index contributed by atoms with van der Waals surface area (Å²) in [6, 6.07) is -0.0509. The standard InChI is InChI=1S/C12H25N3O2/c1-12(2)6-5-10(17-12)9-13-7-8-14-11(16)15(3)4/h10,13H,5-9H2,1-4H3,(H,14,16). The Morgan fingerprint density at radius 2 is 2.12 bits per heavy atom. The van der Waals surface area contributed by atoms with Gasteiger partial charge in [0.2, 0.25) is 0 Å². The van der Waals surface area contributed by atoms with Gasteiger partial charge in [-0.3, -0.25) is 0 Å². The second-order valence-corrected chi connectivity index (χ2v) is 5.37. The summed E-state index contributed by atoms with van der Waals surface area (Å²) in [6.07, 6.45) is 2.55. The van der Waals surface area contributed by atoms with Gasteiger partial charge in [0, 0.05) is 33.7 Å². The normalized spacial score (nSPS) is 22.5. The molecule has 1 atom stereocenters. The highest BCUT2D eigenvalue weighted by Gasteiger charge is 2.30. The van der Waals surface area contributed by atoms with Crippen LogP contribution in [-0.4, -0.2) is 56.4 Å². The van der Waals surface area contributed by atoms with Crippen molar-refractivity contribution in [3.8, 4) is 0 Å². The zero-order valence-corrected chi connectivity index (χ0v) is 11.4. The number of hydrogen-bond acceptors (Lipinski definition) is 3. The number of nitrogens with one attached hydrogen (secondary N) is 2. The summed E-state index contributed by atoms with van der Waals surface area (Å²) in [5, 5.41) is 6.11. The monoisotopic (exact) mass is 243 g/mol. The number of urea groups is 1. The topological polar surface area (TPSA) is 53.6 Å². The van der Waals surface area contributed by atoms with Gasteiger partial charge < -0.3 is 20.3 Å². The Morgan fingerprint density at radius 1 is 1.41 bits per heavy atom. The van der Waals surface area contributed by atoms with Crippen molar-refractivity contribution in [2.75, 3.05) is 33.7 Å². The van der Waals surface area contributed by atoms with Gasteiger partial charge in [-0.15, -0.1) is 0 Å². The fraction of sp³-hybridized carbons (Fsp3) is 0.917. The lowest BCUT2D eigenvalue weighted by Crippen LogP contribution is -2.39. The van der Waals surface area contributed by atoms with E-state index >= 15 is 0 Å². The Bertz CT molecular complexity index is 254. The number of ether oxygens (including phenoxy) is 1. The van der Waals surface area contributed by atoms with E-state index in [9.17, 15) is 4.79 Å². The molecule has 0 radical (unpaired) electrons. The van der Waals surface area contributed by atoms with Crippen molar-refractivity contribution in [3.05, 3.63) is 0 Å². The molecule has 1 rings (SSSR count). The molecule has 1 fully saturated rings. The van der Waals surface area contributed by atoms with E-state index in [1.807, 2.05) is 0 Å². The summed E-state index contributed by atoms with van der Waals surface area (Å²) >= 11 is 0. The molecule has 2 N–H and O–H groups in total. The third-order valence-corrected chi connectivity index (χ3v) is 2.91. The summed E-state index contributed by atoms with van der Waals surface area (Å²) in [5.41, 5.74) is 0.0332. The van der Waals surface area contributed by atoms with Crippen molar-refractivity contribution in [1.29, 1.82) is 0 Å². The second kappa shape index (κ2) is 6.21. The van der Waals surface area contributed by atoms with Crippen molar-refractivity contribution < 1.29 is 9.53 Å². The van der Waals surface area contributed by atoms with E-state index in [2.05, 4.69) is 24.5 Å². The predicted octanol–water partition coefficient (Wildman–Crippen LogP) is 0.805. The van der Waals surface area contributed by atoms with Crippen LogP contribution >= 0.6 is 0 Å². The highest BCUT2D eigenvalue weighted by molar-refractivity contribution is 5.73. The van der Waals surface area contributed by atoms with E-state index in [1.54, 1.807) is 14.1 Å². The molecule has 0 saturated carbocycles. The molecule has 0 aromatic carbocycles. The molecule has 100 valence electrons. The summed E-state index contributed by atoms with van der Waals surface area (Å²) in [4.78, 5) is 12.7. The van der Waals surface area contributed by atoms with Crippen LogP contribution in [0.3, 0.4) is 0 Å². The smallest absolute Gasteiger partial charge is 0.316 e. The van der Waals surface area contributed by atoms with Gasteiger partial charge in [-0.2, -0.15) is 0 Å². The van der Waals surface area contributed by atoms with Gasteiger partial charge in [-0.05, 0) is 26.7 Å². The number of carbonyl (C=O) groups is 1. The molecule has 1 heterocycles. The Morgan fingerprint density at radius 3 is 2.65 bits per heavy atom.